The Morgan fingerprint density at radius 1 is 0.963 bits per heavy atom. The molecule has 0 aliphatic carbocycles. The maximum atomic E-state index is 6.26. The summed E-state index contributed by atoms with van der Waals surface area (Å²) in [4.78, 5) is 5.90. The minimum atomic E-state index is 0.0368. The first-order chi connectivity index (χ1) is 13.1. The standard InChI is InChI=1S/C22H28N4S/c1-25-12-14-26(15-13-25)11-10-18-16-6-2-3-7-17(16)21(24-22(18)27)19-8-4-5-9-20(19)23/h2-9,18,21H,10-15,23H2,1H3,(H,24,27). The number of piperazine rings is 1. The van der Waals surface area contributed by atoms with E-state index in [9.17, 15) is 0 Å². The van der Waals surface area contributed by atoms with Crippen molar-refractivity contribution in [2.24, 2.45) is 0 Å². The van der Waals surface area contributed by atoms with Crippen LogP contribution in [-0.2, 0) is 0 Å². The van der Waals surface area contributed by atoms with Crippen LogP contribution in [0.15, 0.2) is 48.5 Å². The zero-order chi connectivity index (χ0) is 18.8. The number of rotatable bonds is 4. The first-order valence-electron chi connectivity index (χ1n) is 9.78. The highest BCUT2D eigenvalue weighted by Crippen LogP contribution is 2.38. The second-order valence-corrected chi connectivity index (χ2v) is 8.13. The van der Waals surface area contributed by atoms with Gasteiger partial charge in [-0.2, -0.15) is 0 Å². The summed E-state index contributed by atoms with van der Waals surface area (Å²) in [5.74, 6) is 0.275. The van der Waals surface area contributed by atoms with E-state index in [4.69, 9.17) is 18.0 Å². The molecule has 27 heavy (non-hydrogen) atoms. The minimum absolute atomic E-state index is 0.0368. The SMILES string of the molecule is CN1CCN(CCC2C(=S)NC(c3ccccc3N)c3ccccc32)CC1. The molecule has 1 fully saturated rings. The van der Waals surface area contributed by atoms with E-state index in [0.717, 1.165) is 55.4 Å². The van der Waals surface area contributed by atoms with Crippen molar-refractivity contribution in [2.75, 3.05) is 45.5 Å². The Balaban J connectivity index is 1.56. The molecule has 2 atom stereocenters. The fourth-order valence-corrected chi connectivity index (χ4v) is 4.60. The molecule has 2 aromatic carbocycles. The third kappa shape index (κ3) is 3.86. The number of fused-ring (bicyclic) bond motifs is 1. The lowest BCUT2D eigenvalue weighted by molar-refractivity contribution is 0.152. The Kier molecular flexibility index (Phi) is 5.43. The highest BCUT2D eigenvalue weighted by Gasteiger charge is 2.32. The molecule has 5 heteroatoms. The summed E-state index contributed by atoms with van der Waals surface area (Å²) in [6.07, 6.45) is 1.06. The van der Waals surface area contributed by atoms with E-state index in [-0.39, 0.29) is 12.0 Å². The number of likely N-dealkylation sites (N-methyl/N-ethyl adjacent to an activating group) is 1. The van der Waals surface area contributed by atoms with Crippen LogP contribution in [0.2, 0.25) is 0 Å². The van der Waals surface area contributed by atoms with Gasteiger partial charge in [0.15, 0.2) is 0 Å². The first-order valence-corrected chi connectivity index (χ1v) is 10.2. The molecule has 3 N–H and O–H groups in total. The van der Waals surface area contributed by atoms with Crippen LogP contribution in [0.1, 0.15) is 35.1 Å². The van der Waals surface area contributed by atoms with Gasteiger partial charge in [0.1, 0.15) is 0 Å². The average Bonchev–Trinajstić information content (AvgIpc) is 2.69. The van der Waals surface area contributed by atoms with Gasteiger partial charge in [0.2, 0.25) is 0 Å². The van der Waals surface area contributed by atoms with Crippen LogP contribution in [0.5, 0.6) is 0 Å². The molecule has 2 aromatic rings. The van der Waals surface area contributed by atoms with Crippen LogP contribution in [0.4, 0.5) is 5.69 Å². The smallest absolute Gasteiger partial charge is 0.0837 e. The predicted octanol–water partition coefficient (Wildman–Crippen LogP) is 3.01. The van der Waals surface area contributed by atoms with Gasteiger partial charge in [-0.25, -0.2) is 0 Å². The van der Waals surface area contributed by atoms with Gasteiger partial charge in [0, 0.05) is 43.3 Å². The van der Waals surface area contributed by atoms with E-state index in [1.807, 2.05) is 18.2 Å². The summed E-state index contributed by atoms with van der Waals surface area (Å²) in [6, 6.07) is 16.8. The fourth-order valence-electron chi connectivity index (χ4n) is 4.24. The lowest BCUT2D eigenvalue weighted by Gasteiger charge is -2.37. The molecule has 142 valence electrons. The van der Waals surface area contributed by atoms with Gasteiger partial charge in [-0.15, -0.1) is 0 Å². The molecular formula is C22H28N4S. The molecule has 2 aliphatic rings. The Bertz CT molecular complexity index is 813. The Morgan fingerprint density at radius 3 is 2.30 bits per heavy atom. The van der Waals surface area contributed by atoms with Gasteiger partial charge < -0.3 is 20.9 Å². The van der Waals surface area contributed by atoms with Crippen molar-refractivity contribution in [3.63, 3.8) is 0 Å². The molecule has 2 unspecified atom stereocenters. The summed E-state index contributed by atoms with van der Waals surface area (Å²) in [5, 5.41) is 3.60. The normalized spacial score (nSPS) is 23.7. The van der Waals surface area contributed by atoms with E-state index >= 15 is 0 Å². The largest absolute Gasteiger partial charge is 0.398 e. The monoisotopic (exact) mass is 380 g/mol. The molecule has 0 radical (unpaired) electrons. The number of thiocarbonyl (C=S) groups is 1. The van der Waals surface area contributed by atoms with E-state index in [0.29, 0.717) is 0 Å². The fraction of sp³-hybridized carbons (Fsp3) is 0.409. The zero-order valence-corrected chi connectivity index (χ0v) is 16.7. The number of nitrogens with zero attached hydrogens (tertiary/aromatic N) is 2. The number of nitrogen functional groups attached to an aromatic ring is 1. The van der Waals surface area contributed by atoms with E-state index in [1.54, 1.807) is 0 Å². The van der Waals surface area contributed by atoms with Crippen molar-refractivity contribution < 1.29 is 0 Å². The lowest BCUT2D eigenvalue weighted by atomic mass is 9.82. The van der Waals surface area contributed by atoms with Crippen LogP contribution < -0.4 is 11.1 Å². The van der Waals surface area contributed by atoms with Crippen LogP contribution in [-0.4, -0.2) is 54.6 Å². The first kappa shape index (κ1) is 18.4. The molecule has 0 bridgehead atoms. The number of anilines is 1. The molecule has 2 aliphatic heterocycles. The minimum Gasteiger partial charge on any atom is -0.398 e. The molecule has 2 heterocycles. The van der Waals surface area contributed by atoms with Gasteiger partial charge in [-0.1, -0.05) is 54.7 Å². The molecular weight excluding hydrogens is 352 g/mol. The predicted molar refractivity (Wildman–Crippen MR) is 116 cm³/mol. The maximum absolute atomic E-state index is 6.26. The molecule has 0 saturated carbocycles. The summed E-state index contributed by atoms with van der Waals surface area (Å²) in [5.41, 5.74) is 10.8. The van der Waals surface area contributed by atoms with Crippen molar-refractivity contribution >= 4 is 22.9 Å². The van der Waals surface area contributed by atoms with Crippen molar-refractivity contribution in [3.8, 4) is 0 Å². The zero-order valence-electron chi connectivity index (χ0n) is 15.9. The lowest BCUT2D eigenvalue weighted by Crippen LogP contribution is -2.45. The highest BCUT2D eigenvalue weighted by molar-refractivity contribution is 7.80. The van der Waals surface area contributed by atoms with Crippen LogP contribution in [0, 0.1) is 0 Å². The number of hydrogen-bond acceptors (Lipinski definition) is 4. The number of nitrogens with one attached hydrogen (secondary N) is 1. The highest BCUT2D eigenvalue weighted by atomic mass is 32.1. The second kappa shape index (κ2) is 7.97. The van der Waals surface area contributed by atoms with Gasteiger partial charge in [0.05, 0.1) is 11.0 Å². The van der Waals surface area contributed by atoms with E-state index in [1.165, 1.54) is 11.1 Å². The van der Waals surface area contributed by atoms with Crippen LogP contribution >= 0.6 is 12.2 Å². The van der Waals surface area contributed by atoms with Crippen molar-refractivity contribution in [2.45, 2.75) is 18.4 Å². The van der Waals surface area contributed by atoms with Crippen molar-refractivity contribution in [1.82, 2.24) is 15.1 Å². The number of benzene rings is 2. The van der Waals surface area contributed by atoms with Crippen molar-refractivity contribution in [3.05, 3.63) is 65.2 Å². The summed E-state index contributed by atoms with van der Waals surface area (Å²) < 4.78 is 0. The third-order valence-electron chi connectivity index (χ3n) is 5.92. The molecule has 4 nitrogen and oxygen atoms in total. The average molecular weight is 381 g/mol. The number of nitrogens with two attached hydrogens (primary N) is 1. The van der Waals surface area contributed by atoms with Crippen LogP contribution in [0.3, 0.4) is 0 Å². The topological polar surface area (TPSA) is 44.5 Å². The van der Waals surface area contributed by atoms with Crippen LogP contribution in [0.25, 0.3) is 0 Å². The number of hydrogen-bond donors (Lipinski definition) is 2. The van der Waals surface area contributed by atoms with Gasteiger partial charge in [-0.05, 0) is 37.2 Å². The molecule has 1 saturated heterocycles. The van der Waals surface area contributed by atoms with Gasteiger partial charge in [0.25, 0.3) is 0 Å². The van der Waals surface area contributed by atoms with Crippen molar-refractivity contribution in [1.29, 1.82) is 0 Å². The molecule has 0 aromatic heterocycles. The molecule has 0 spiro atoms. The molecule has 4 rings (SSSR count). The summed E-state index contributed by atoms with van der Waals surface area (Å²) in [7, 11) is 2.20. The van der Waals surface area contributed by atoms with Gasteiger partial charge in [-0.3, -0.25) is 0 Å². The van der Waals surface area contributed by atoms with Gasteiger partial charge >= 0.3 is 0 Å². The Hall–Kier alpha value is -1.95. The Morgan fingerprint density at radius 2 is 1.59 bits per heavy atom. The molecule has 0 amide bonds. The maximum Gasteiger partial charge on any atom is 0.0837 e. The summed E-state index contributed by atoms with van der Waals surface area (Å²) >= 11 is 5.83. The van der Waals surface area contributed by atoms with E-state index in [2.05, 4.69) is 52.5 Å². The number of para-hydroxylation sites is 1. The summed E-state index contributed by atoms with van der Waals surface area (Å²) in [6.45, 7) is 5.69. The van der Waals surface area contributed by atoms with E-state index < -0.39 is 0 Å². The second-order valence-electron chi connectivity index (χ2n) is 7.69. The quantitative estimate of drug-likeness (QED) is 0.631. The third-order valence-corrected chi connectivity index (χ3v) is 6.32. The Labute approximate surface area is 167 Å².